The number of benzene rings is 1. The molecule has 1 amide bonds. The molecule has 2 rings (SSSR count). The van der Waals surface area contributed by atoms with Gasteiger partial charge in [-0.1, -0.05) is 49.6 Å². The maximum absolute atomic E-state index is 11.9. The molecule has 1 saturated carbocycles. The first kappa shape index (κ1) is 24.9. The Hall–Kier alpha value is -2.12. The lowest BCUT2D eigenvalue weighted by Gasteiger charge is -2.28. The van der Waals surface area contributed by atoms with E-state index in [9.17, 15) is 14.7 Å². The molecule has 0 spiro atoms. The number of hydrogen-bond acceptors (Lipinski definition) is 5. The van der Waals surface area contributed by atoms with Crippen LogP contribution in [0.1, 0.15) is 58.4 Å². The number of nitrogens with zero attached hydrogens (tertiary/aromatic N) is 1. The lowest BCUT2D eigenvalue weighted by molar-refractivity contribution is -0.145. The molecule has 7 heteroatoms. The number of nitrogens with two attached hydrogens (primary N) is 1. The van der Waals surface area contributed by atoms with Crippen molar-refractivity contribution in [3.63, 3.8) is 0 Å². The van der Waals surface area contributed by atoms with Gasteiger partial charge in [-0.3, -0.25) is 4.90 Å². The average molecular weight is 409 g/mol. The number of carbonyl (C=O) groups excluding carboxylic acids is 1. The minimum Gasteiger partial charge on any atom is -0.480 e. The molecule has 0 heterocycles. The Balaban J connectivity index is 0.000000502. The highest BCUT2D eigenvalue weighted by Crippen LogP contribution is 2.15. The molecular weight excluding hydrogens is 372 g/mol. The van der Waals surface area contributed by atoms with Gasteiger partial charge in [0.1, 0.15) is 5.60 Å². The van der Waals surface area contributed by atoms with Gasteiger partial charge in [-0.15, -0.1) is 0 Å². The van der Waals surface area contributed by atoms with Crippen LogP contribution in [0.2, 0.25) is 0 Å². The number of aliphatic carboxylic acids is 1. The summed E-state index contributed by atoms with van der Waals surface area (Å²) in [5.41, 5.74) is 5.89. The Morgan fingerprint density at radius 1 is 1.17 bits per heavy atom. The molecule has 7 nitrogen and oxygen atoms in total. The number of carboxylic acids is 1. The largest absolute Gasteiger partial charge is 0.480 e. The van der Waals surface area contributed by atoms with Gasteiger partial charge in [0.05, 0.1) is 13.2 Å². The van der Waals surface area contributed by atoms with Crippen LogP contribution >= 0.6 is 0 Å². The monoisotopic (exact) mass is 408 g/mol. The maximum atomic E-state index is 11.9. The molecule has 0 radical (unpaired) electrons. The number of likely N-dealkylation sites (N-methyl/N-ethyl adjacent to an activating group) is 1. The van der Waals surface area contributed by atoms with Crippen molar-refractivity contribution in [3.8, 4) is 0 Å². The van der Waals surface area contributed by atoms with Crippen LogP contribution in [0.15, 0.2) is 30.3 Å². The molecule has 164 valence electrons. The van der Waals surface area contributed by atoms with Gasteiger partial charge in [-0.05, 0) is 39.2 Å². The van der Waals surface area contributed by atoms with E-state index in [1.807, 2.05) is 30.3 Å². The van der Waals surface area contributed by atoms with Crippen molar-refractivity contribution in [2.75, 3.05) is 13.7 Å². The lowest BCUT2D eigenvalue weighted by Crippen LogP contribution is -2.47. The fraction of sp³-hybridized carbons (Fsp3) is 0.636. The van der Waals surface area contributed by atoms with Crippen LogP contribution < -0.4 is 5.73 Å². The summed E-state index contributed by atoms with van der Waals surface area (Å²) < 4.78 is 10.6. The zero-order valence-corrected chi connectivity index (χ0v) is 18.1. The number of amides is 1. The molecule has 1 aromatic carbocycles. The van der Waals surface area contributed by atoms with E-state index in [0.29, 0.717) is 6.04 Å². The van der Waals surface area contributed by atoms with E-state index in [2.05, 4.69) is 0 Å². The van der Waals surface area contributed by atoms with E-state index in [0.717, 1.165) is 10.5 Å². The second-order valence-electron chi connectivity index (χ2n) is 8.34. The van der Waals surface area contributed by atoms with Crippen LogP contribution in [0, 0.1) is 0 Å². The summed E-state index contributed by atoms with van der Waals surface area (Å²) in [6.07, 6.45) is 5.97. The zero-order valence-electron chi connectivity index (χ0n) is 18.1. The van der Waals surface area contributed by atoms with Crippen molar-refractivity contribution in [1.29, 1.82) is 0 Å². The van der Waals surface area contributed by atoms with Crippen molar-refractivity contribution >= 4 is 12.1 Å². The SMILES string of the molecule is CN(C(=O)OC(C)(C)C)[C@@H](COCc1ccccc1)C(=O)O.NC1CCCCC1. The maximum Gasteiger partial charge on any atom is 0.410 e. The summed E-state index contributed by atoms with van der Waals surface area (Å²) in [5.74, 6) is -1.14. The first-order chi connectivity index (χ1) is 13.6. The van der Waals surface area contributed by atoms with Crippen molar-refractivity contribution in [1.82, 2.24) is 4.90 Å². The molecule has 1 aliphatic carbocycles. The number of ether oxygens (including phenoxy) is 2. The third-order valence-corrected chi connectivity index (χ3v) is 4.47. The Labute approximate surface area is 174 Å². The van der Waals surface area contributed by atoms with Gasteiger partial charge < -0.3 is 20.3 Å². The van der Waals surface area contributed by atoms with Crippen LogP contribution in [0.5, 0.6) is 0 Å². The first-order valence-electron chi connectivity index (χ1n) is 10.2. The highest BCUT2D eigenvalue weighted by atomic mass is 16.6. The Kier molecular flexibility index (Phi) is 10.7. The standard InChI is InChI=1S/C16H23NO5.C6H13N/c1-16(2,3)22-15(20)17(4)13(14(18)19)11-21-10-12-8-6-5-7-9-12;7-6-4-2-1-3-5-6/h5-9,13H,10-11H2,1-4H3,(H,18,19);6H,1-5,7H2/t13-;/m0./s1. The molecule has 29 heavy (non-hydrogen) atoms. The van der Waals surface area contributed by atoms with E-state index in [1.165, 1.54) is 39.2 Å². The quantitative estimate of drug-likeness (QED) is 0.742. The van der Waals surface area contributed by atoms with Gasteiger partial charge in [0.2, 0.25) is 0 Å². The molecule has 3 N–H and O–H groups in total. The van der Waals surface area contributed by atoms with Crippen molar-refractivity contribution in [2.45, 2.75) is 77.2 Å². The second kappa shape index (κ2) is 12.4. The van der Waals surface area contributed by atoms with Crippen LogP contribution in [0.4, 0.5) is 4.79 Å². The van der Waals surface area contributed by atoms with Gasteiger partial charge in [0.15, 0.2) is 6.04 Å². The molecule has 0 aliphatic heterocycles. The van der Waals surface area contributed by atoms with Gasteiger partial charge >= 0.3 is 12.1 Å². The van der Waals surface area contributed by atoms with E-state index in [4.69, 9.17) is 15.2 Å². The van der Waals surface area contributed by atoms with Gasteiger partial charge in [-0.25, -0.2) is 9.59 Å². The minimum absolute atomic E-state index is 0.111. The Morgan fingerprint density at radius 2 is 1.76 bits per heavy atom. The third-order valence-electron chi connectivity index (χ3n) is 4.47. The minimum atomic E-state index is -1.14. The van der Waals surface area contributed by atoms with Crippen LogP contribution in [-0.2, 0) is 20.9 Å². The summed E-state index contributed by atoms with van der Waals surface area (Å²) in [7, 11) is 1.39. The molecule has 0 bridgehead atoms. The smallest absolute Gasteiger partial charge is 0.410 e. The molecule has 1 atom stereocenters. The van der Waals surface area contributed by atoms with Gasteiger partial charge in [0.25, 0.3) is 0 Å². The summed E-state index contributed by atoms with van der Waals surface area (Å²) in [6, 6.07) is 8.84. The van der Waals surface area contributed by atoms with Crippen LogP contribution in [0.25, 0.3) is 0 Å². The average Bonchev–Trinajstić information content (AvgIpc) is 2.65. The predicted octanol–water partition coefficient (Wildman–Crippen LogP) is 3.80. The molecular formula is C22H36N2O5. The summed E-state index contributed by atoms with van der Waals surface area (Å²) in [5, 5.41) is 9.26. The first-order valence-corrected chi connectivity index (χ1v) is 10.2. The topological polar surface area (TPSA) is 102 Å². The summed E-state index contributed by atoms with van der Waals surface area (Å²) >= 11 is 0. The molecule has 0 aromatic heterocycles. The second-order valence-corrected chi connectivity index (χ2v) is 8.34. The van der Waals surface area contributed by atoms with Crippen molar-refractivity contribution in [3.05, 3.63) is 35.9 Å². The van der Waals surface area contributed by atoms with E-state index in [-0.39, 0.29) is 13.2 Å². The highest BCUT2D eigenvalue weighted by molar-refractivity contribution is 5.80. The fourth-order valence-corrected chi connectivity index (χ4v) is 2.81. The molecule has 1 aliphatic rings. The van der Waals surface area contributed by atoms with Gasteiger partial charge in [0, 0.05) is 13.1 Å². The van der Waals surface area contributed by atoms with Crippen LogP contribution in [0.3, 0.4) is 0 Å². The number of hydrogen-bond donors (Lipinski definition) is 2. The van der Waals surface area contributed by atoms with E-state index in [1.54, 1.807) is 20.8 Å². The van der Waals surface area contributed by atoms with Gasteiger partial charge in [-0.2, -0.15) is 0 Å². The lowest BCUT2D eigenvalue weighted by atomic mass is 9.97. The third kappa shape index (κ3) is 10.9. The van der Waals surface area contributed by atoms with Crippen molar-refractivity contribution < 1.29 is 24.2 Å². The fourth-order valence-electron chi connectivity index (χ4n) is 2.81. The Bertz CT molecular complexity index is 609. The molecule has 1 aromatic rings. The van der Waals surface area contributed by atoms with E-state index < -0.39 is 23.7 Å². The molecule has 1 fully saturated rings. The number of carboxylic acid groups (broad SMARTS) is 1. The summed E-state index contributed by atoms with van der Waals surface area (Å²) in [6.45, 7) is 5.34. The Morgan fingerprint density at radius 3 is 2.21 bits per heavy atom. The predicted molar refractivity (Wildman–Crippen MR) is 113 cm³/mol. The van der Waals surface area contributed by atoms with Crippen molar-refractivity contribution in [2.24, 2.45) is 5.73 Å². The molecule has 0 unspecified atom stereocenters. The summed E-state index contributed by atoms with van der Waals surface area (Å²) in [4.78, 5) is 24.3. The van der Waals surface area contributed by atoms with E-state index >= 15 is 0 Å². The zero-order chi connectivity index (χ0) is 21.9. The normalized spacial score (nSPS) is 15.6. The van der Waals surface area contributed by atoms with Crippen LogP contribution in [-0.4, -0.2) is 53.4 Å². The number of rotatable bonds is 6. The highest BCUT2D eigenvalue weighted by Gasteiger charge is 2.30. The molecule has 0 saturated heterocycles. The number of carbonyl (C=O) groups is 2.